The quantitative estimate of drug-likeness (QED) is 0.0845. The SMILES string of the molecule is CCCCCCCCCC(C)C=O.COC1=CC=CC(OC)(OC)C1C1(CCC(C)C=O)C=CCCC1. The minimum Gasteiger partial charge on any atom is -0.501 e. The Morgan fingerprint density at radius 1 is 0.919 bits per heavy atom. The Bertz CT molecular complexity index is 721. The maximum absolute atomic E-state index is 11.1. The largest absolute Gasteiger partial charge is 0.501 e. The minimum atomic E-state index is -0.855. The van der Waals surface area contributed by atoms with Crippen LogP contribution in [0.1, 0.15) is 104 Å². The number of carbonyl (C=O) groups is 2. The number of hydrogen-bond donors (Lipinski definition) is 0. The van der Waals surface area contributed by atoms with Gasteiger partial charge < -0.3 is 23.8 Å². The summed E-state index contributed by atoms with van der Waals surface area (Å²) in [6.07, 6.45) is 28.0. The van der Waals surface area contributed by atoms with Gasteiger partial charge in [0.15, 0.2) is 5.79 Å². The van der Waals surface area contributed by atoms with Crippen LogP contribution in [0.5, 0.6) is 0 Å². The molecule has 4 unspecified atom stereocenters. The van der Waals surface area contributed by atoms with Crippen molar-refractivity contribution >= 4 is 12.6 Å². The topological polar surface area (TPSA) is 61.8 Å². The smallest absolute Gasteiger partial charge is 0.198 e. The van der Waals surface area contributed by atoms with Gasteiger partial charge in [-0.05, 0) is 50.7 Å². The van der Waals surface area contributed by atoms with E-state index in [9.17, 15) is 9.59 Å². The van der Waals surface area contributed by atoms with E-state index in [4.69, 9.17) is 14.2 Å². The Morgan fingerprint density at radius 2 is 1.54 bits per heavy atom. The number of carbonyl (C=O) groups excluding carboxylic acids is 2. The van der Waals surface area contributed by atoms with Crippen LogP contribution in [0.3, 0.4) is 0 Å². The first-order valence-corrected chi connectivity index (χ1v) is 14.5. The number of rotatable bonds is 17. The highest BCUT2D eigenvalue weighted by Gasteiger charge is 2.53. The lowest BCUT2D eigenvalue weighted by Gasteiger charge is -2.49. The number of aldehydes is 2. The normalized spacial score (nSPS) is 23.8. The van der Waals surface area contributed by atoms with Crippen LogP contribution in [-0.2, 0) is 23.8 Å². The summed E-state index contributed by atoms with van der Waals surface area (Å²) < 4.78 is 17.4. The van der Waals surface area contributed by atoms with Gasteiger partial charge in [0.1, 0.15) is 18.3 Å². The van der Waals surface area contributed by atoms with Gasteiger partial charge in [0, 0.05) is 31.5 Å². The molecule has 0 aromatic carbocycles. The van der Waals surface area contributed by atoms with Gasteiger partial charge in [0.2, 0.25) is 0 Å². The van der Waals surface area contributed by atoms with Crippen molar-refractivity contribution in [2.75, 3.05) is 21.3 Å². The molecule has 0 aromatic rings. The number of unbranched alkanes of at least 4 members (excludes halogenated alkanes) is 6. The summed E-state index contributed by atoms with van der Waals surface area (Å²) in [4.78, 5) is 21.4. The lowest BCUT2D eigenvalue weighted by Crippen LogP contribution is -2.51. The molecule has 4 atom stereocenters. The van der Waals surface area contributed by atoms with E-state index in [1.807, 2.05) is 32.1 Å². The molecule has 0 fully saturated rings. The van der Waals surface area contributed by atoms with E-state index >= 15 is 0 Å². The standard InChI is InChI=1S/C20H30O4.C12H24O/c1-16(15-21)10-14-19(11-6-5-7-12-19)18-17(22-2)9-8-13-20(18,23-3)24-4;1-3-4-5-6-7-8-9-10-12(2)11-13/h6,8-9,11,13,15-16,18H,5,7,10,12,14H2,1-4H3;11-12H,3-10H2,1-2H3. The Morgan fingerprint density at radius 3 is 2.08 bits per heavy atom. The molecule has 0 N–H and O–H groups in total. The molecule has 0 aliphatic heterocycles. The lowest BCUT2D eigenvalue weighted by molar-refractivity contribution is -0.225. The van der Waals surface area contributed by atoms with Crippen molar-refractivity contribution in [2.24, 2.45) is 23.2 Å². The zero-order valence-corrected chi connectivity index (χ0v) is 24.5. The Labute approximate surface area is 227 Å². The van der Waals surface area contributed by atoms with Crippen LogP contribution in [0.4, 0.5) is 0 Å². The number of ether oxygens (including phenoxy) is 3. The summed E-state index contributed by atoms with van der Waals surface area (Å²) in [5.41, 5.74) is -0.145. The summed E-state index contributed by atoms with van der Waals surface area (Å²) in [6.45, 7) is 6.22. The van der Waals surface area contributed by atoms with E-state index in [1.54, 1.807) is 21.3 Å². The van der Waals surface area contributed by atoms with Crippen molar-refractivity contribution in [1.82, 2.24) is 0 Å². The van der Waals surface area contributed by atoms with Gasteiger partial charge in [0.05, 0.1) is 13.0 Å². The van der Waals surface area contributed by atoms with Crippen molar-refractivity contribution in [1.29, 1.82) is 0 Å². The van der Waals surface area contributed by atoms with E-state index in [-0.39, 0.29) is 23.2 Å². The molecule has 0 spiro atoms. The van der Waals surface area contributed by atoms with E-state index in [0.29, 0.717) is 0 Å². The molecule has 0 saturated heterocycles. The fraction of sp³-hybridized carbons (Fsp3) is 0.750. The van der Waals surface area contributed by atoms with E-state index in [2.05, 4.69) is 19.1 Å². The molecular weight excluding hydrogens is 464 g/mol. The van der Waals surface area contributed by atoms with E-state index in [0.717, 1.165) is 56.9 Å². The molecule has 37 heavy (non-hydrogen) atoms. The monoisotopic (exact) mass is 518 g/mol. The van der Waals surface area contributed by atoms with Gasteiger partial charge in [-0.25, -0.2) is 0 Å². The Balaban J connectivity index is 0.000000448. The third-order valence-corrected chi connectivity index (χ3v) is 7.98. The average Bonchev–Trinajstić information content (AvgIpc) is 2.95. The molecule has 0 radical (unpaired) electrons. The first-order chi connectivity index (χ1) is 17.9. The van der Waals surface area contributed by atoms with Crippen LogP contribution in [0, 0.1) is 23.2 Å². The van der Waals surface area contributed by atoms with Gasteiger partial charge in [-0.15, -0.1) is 0 Å². The lowest BCUT2D eigenvalue weighted by atomic mass is 9.61. The summed E-state index contributed by atoms with van der Waals surface area (Å²) in [7, 11) is 5.05. The van der Waals surface area contributed by atoms with E-state index < -0.39 is 5.79 Å². The molecule has 2 aliphatic rings. The molecule has 0 saturated carbocycles. The van der Waals surface area contributed by atoms with Crippen LogP contribution in [-0.4, -0.2) is 39.7 Å². The maximum atomic E-state index is 11.1. The number of methoxy groups -OCH3 is 3. The predicted molar refractivity (Wildman–Crippen MR) is 152 cm³/mol. The molecule has 0 bridgehead atoms. The second-order valence-electron chi connectivity index (χ2n) is 10.9. The van der Waals surface area contributed by atoms with Crippen LogP contribution in [0.15, 0.2) is 36.1 Å². The van der Waals surface area contributed by atoms with Crippen molar-refractivity contribution in [2.45, 2.75) is 110 Å². The summed E-state index contributed by atoms with van der Waals surface area (Å²) >= 11 is 0. The average molecular weight is 519 g/mol. The summed E-state index contributed by atoms with van der Waals surface area (Å²) in [6, 6.07) is 0. The molecule has 0 amide bonds. The van der Waals surface area contributed by atoms with Crippen LogP contribution in [0.25, 0.3) is 0 Å². The van der Waals surface area contributed by atoms with Gasteiger partial charge >= 0.3 is 0 Å². The van der Waals surface area contributed by atoms with Gasteiger partial charge in [0.25, 0.3) is 0 Å². The van der Waals surface area contributed by atoms with E-state index in [1.165, 1.54) is 44.9 Å². The second kappa shape index (κ2) is 18.5. The highest BCUT2D eigenvalue weighted by atomic mass is 16.7. The van der Waals surface area contributed by atoms with Gasteiger partial charge in [-0.1, -0.05) is 83.9 Å². The zero-order chi connectivity index (χ0) is 27.6. The molecule has 212 valence electrons. The predicted octanol–water partition coefficient (Wildman–Crippen LogP) is 8.00. The van der Waals surface area contributed by atoms with Crippen LogP contribution < -0.4 is 0 Å². The molecule has 2 aliphatic carbocycles. The minimum absolute atomic E-state index is 0.0470. The molecule has 2 rings (SSSR count). The first kappa shape index (κ1) is 33.3. The Kier molecular flexibility index (Phi) is 16.7. The maximum Gasteiger partial charge on any atom is 0.198 e. The fourth-order valence-corrected chi connectivity index (χ4v) is 5.59. The third kappa shape index (κ3) is 10.5. The van der Waals surface area contributed by atoms with Crippen molar-refractivity contribution < 1.29 is 23.8 Å². The van der Waals surface area contributed by atoms with Crippen molar-refractivity contribution in [3.63, 3.8) is 0 Å². The Hall–Kier alpha value is -1.72. The number of allylic oxidation sites excluding steroid dienone is 4. The summed E-state index contributed by atoms with van der Waals surface area (Å²) in [5.74, 6) is 0.255. The fourth-order valence-electron chi connectivity index (χ4n) is 5.59. The molecule has 5 heteroatoms. The first-order valence-electron chi connectivity index (χ1n) is 14.5. The number of hydrogen-bond acceptors (Lipinski definition) is 5. The zero-order valence-electron chi connectivity index (χ0n) is 24.5. The second-order valence-corrected chi connectivity index (χ2v) is 10.9. The van der Waals surface area contributed by atoms with Crippen molar-refractivity contribution in [3.8, 4) is 0 Å². The highest BCUT2D eigenvalue weighted by Crippen LogP contribution is 2.53. The molecule has 5 nitrogen and oxygen atoms in total. The third-order valence-electron chi connectivity index (χ3n) is 7.98. The van der Waals surface area contributed by atoms with Gasteiger partial charge in [-0.3, -0.25) is 0 Å². The highest BCUT2D eigenvalue weighted by molar-refractivity contribution is 5.52. The van der Waals surface area contributed by atoms with Crippen LogP contribution >= 0.6 is 0 Å². The molecule has 0 heterocycles. The van der Waals surface area contributed by atoms with Crippen LogP contribution in [0.2, 0.25) is 0 Å². The van der Waals surface area contributed by atoms with Crippen molar-refractivity contribution in [3.05, 3.63) is 36.1 Å². The van der Waals surface area contributed by atoms with Gasteiger partial charge in [-0.2, -0.15) is 0 Å². The molecular formula is C32H54O5. The summed E-state index contributed by atoms with van der Waals surface area (Å²) in [5, 5.41) is 0. The molecule has 0 aromatic heterocycles.